The first-order valence-electron chi connectivity index (χ1n) is 6.83. The molecule has 2 aromatic rings. The number of carbonyl (C=O) groups is 1. The van der Waals surface area contributed by atoms with Gasteiger partial charge in [0, 0.05) is 5.69 Å². The molecule has 0 radical (unpaired) electrons. The minimum atomic E-state index is -0.458. The highest BCUT2D eigenvalue weighted by molar-refractivity contribution is 5.79. The SMILES string of the molecule is COC(=O)C(CCc1ccccc1)Nc1ccc(F)cc1. The molecule has 1 atom stereocenters. The summed E-state index contributed by atoms with van der Waals surface area (Å²) in [6, 6.07) is 15.4. The van der Waals surface area contributed by atoms with Crippen molar-refractivity contribution in [2.24, 2.45) is 0 Å². The monoisotopic (exact) mass is 287 g/mol. The molecular formula is C17H18FNO2. The molecule has 0 amide bonds. The number of rotatable bonds is 6. The lowest BCUT2D eigenvalue weighted by Crippen LogP contribution is -2.31. The largest absolute Gasteiger partial charge is 0.467 e. The van der Waals surface area contributed by atoms with Gasteiger partial charge in [0.1, 0.15) is 11.9 Å². The van der Waals surface area contributed by atoms with Gasteiger partial charge >= 0.3 is 5.97 Å². The molecule has 0 spiro atoms. The smallest absolute Gasteiger partial charge is 0.328 e. The van der Waals surface area contributed by atoms with Gasteiger partial charge in [0.25, 0.3) is 0 Å². The summed E-state index contributed by atoms with van der Waals surface area (Å²) in [7, 11) is 1.37. The number of esters is 1. The second-order valence-electron chi connectivity index (χ2n) is 4.75. The van der Waals surface area contributed by atoms with E-state index in [2.05, 4.69) is 5.32 Å². The van der Waals surface area contributed by atoms with Crippen molar-refractivity contribution in [3.63, 3.8) is 0 Å². The summed E-state index contributed by atoms with van der Waals surface area (Å²) in [5, 5.41) is 3.09. The van der Waals surface area contributed by atoms with Gasteiger partial charge < -0.3 is 10.1 Å². The van der Waals surface area contributed by atoms with E-state index < -0.39 is 6.04 Å². The lowest BCUT2D eigenvalue weighted by molar-refractivity contribution is -0.141. The van der Waals surface area contributed by atoms with Crippen LogP contribution in [-0.2, 0) is 16.0 Å². The maximum absolute atomic E-state index is 12.9. The van der Waals surface area contributed by atoms with Crippen molar-refractivity contribution in [2.45, 2.75) is 18.9 Å². The molecule has 0 saturated heterocycles. The molecule has 3 nitrogen and oxygen atoms in total. The number of ether oxygens (including phenoxy) is 1. The van der Waals surface area contributed by atoms with E-state index in [1.807, 2.05) is 30.3 Å². The normalized spacial score (nSPS) is 11.7. The Hall–Kier alpha value is -2.36. The quantitative estimate of drug-likeness (QED) is 0.827. The van der Waals surface area contributed by atoms with Gasteiger partial charge in [0.05, 0.1) is 7.11 Å². The fourth-order valence-corrected chi connectivity index (χ4v) is 2.09. The first-order valence-corrected chi connectivity index (χ1v) is 6.83. The van der Waals surface area contributed by atoms with E-state index in [4.69, 9.17) is 4.74 Å². The van der Waals surface area contributed by atoms with Gasteiger partial charge in [-0.25, -0.2) is 9.18 Å². The van der Waals surface area contributed by atoms with Gasteiger partial charge in [-0.2, -0.15) is 0 Å². The molecule has 0 aromatic heterocycles. The Bertz CT molecular complexity index is 569. The van der Waals surface area contributed by atoms with E-state index in [1.54, 1.807) is 12.1 Å². The summed E-state index contributed by atoms with van der Waals surface area (Å²) in [6.07, 6.45) is 1.36. The number of halogens is 1. The number of hydrogen-bond donors (Lipinski definition) is 1. The number of methoxy groups -OCH3 is 1. The predicted molar refractivity (Wildman–Crippen MR) is 80.6 cm³/mol. The van der Waals surface area contributed by atoms with Crippen molar-refractivity contribution in [3.05, 3.63) is 66.0 Å². The molecular weight excluding hydrogens is 269 g/mol. The summed E-state index contributed by atoms with van der Waals surface area (Å²) in [4.78, 5) is 11.8. The number of carbonyl (C=O) groups excluding carboxylic acids is 1. The van der Waals surface area contributed by atoms with Crippen molar-refractivity contribution in [1.29, 1.82) is 0 Å². The van der Waals surface area contributed by atoms with E-state index in [1.165, 1.54) is 19.2 Å². The van der Waals surface area contributed by atoms with Crippen LogP contribution in [0.2, 0.25) is 0 Å². The molecule has 0 bridgehead atoms. The standard InChI is InChI=1S/C17H18FNO2/c1-21-17(20)16(12-7-13-5-3-2-4-6-13)19-15-10-8-14(18)9-11-15/h2-6,8-11,16,19H,7,12H2,1H3. The molecule has 110 valence electrons. The van der Waals surface area contributed by atoms with Crippen molar-refractivity contribution in [2.75, 3.05) is 12.4 Å². The number of nitrogens with one attached hydrogen (secondary N) is 1. The second-order valence-corrected chi connectivity index (χ2v) is 4.75. The maximum atomic E-state index is 12.9. The van der Waals surface area contributed by atoms with Crippen LogP contribution in [0, 0.1) is 5.82 Å². The average molecular weight is 287 g/mol. The fraction of sp³-hybridized carbons (Fsp3) is 0.235. The average Bonchev–Trinajstić information content (AvgIpc) is 2.53. The highest BCUT2D eigenvalue weighted by Crippen LogP contribution is 2.14. The number of aryl methyl sites for hydroxylation is 1. The molecule has 2 rings (SSSR count). The minimum Gasteiger partial charge on any atom is -0.467 e. The van der Waals surface area contributed by atoms with Crippen LogP contribution in [0.25, 0.3) is 0 Å². The van der Waals surface area contributed by atoms with Crippen LogP contribution in [0.5, 0.6) is 0 Å². The lowest BCUT2D eigenvalue weighted by atomic mass is 10.0. The Balaban J connectivity index is 2.01. The topological polar surface area (TPSA) is 38.3 Å². The predicted octanol–water partition coefficient (Wildman–Crippen LogP) is 3.41. The van der Waals surface area contributed by atoms with Gasteiger partial charge in [-0.15, -0.1) is 0 Å². The molecule has 1 unspecified atom stereocenters. The van der Waals surface area contributed by atoms with Crippen LogP contribution < -0.4 is 5.32 Å². The van der Waals surface area contributed by atoms with E-state index in [-0.39, 0.29) is 11.8 Å². The van der Waals surface area contributed by atoms with Gasteiger partial charge in [0.2, 0.25) is 0 Å². The fourth-order valence-electron chi connectivity index (χ4n) is 2.09. The van der Waals surface area contributed by atoms with Crippen LogP contribution in [-0.4, -0.2) is 19.1 Å². The van der Waals surface area contributed by atoms with Crippen LogP contribution in [0.15, 0.2) is 54.6 Å². The Morgan fingerprint density at radius 3 is 2.43 bits per heavy atom. The zero-order valence-corrected chi connectivity index (χ0v) is 11.9. The third-order valence-corrected chi connectivity index (χ3v) is 3.24. The number of hydrogen-bond acceptors (Lipinski definition) is 3. The maximum Gasteiger partial charge on any atom is 0.328 e. The van der Waals surface area contributed by atoms with Crippen LogP contribution in [0.3, 0.4) is 0 Å². The number of anilines is 1. The van der Waals surface area contributed by atoms with Crippen molar-refractivity contribution in [3.8, 4) is 0 Å². The molecule has 21 heavy (non-hydrogen) atoms. The molecule has 0 aliphatic heterocycles. The Morgan fingerprint density at radius 1 is 1.14 bits per heavy atom. The first kappa shape index (κ1) is 15.0. The van der Waals surface area contributed by atoms with Gasteiger partial charge in [0.15, 0.2) is 0 Å². The second kappa shape index (κ2) is 7.43. The number of benzene rings is 2. The van der Waals surface area contributed by atoms with Crippen LogP contribution in [0.4, 0.5) is 10.1 Å². The molecule has 1 N–H and O–H groups in total. The van der Waals surface area contributed by atoms with E-state index >= 15 is 0 Å². The zero-order valence-electron chi connectivity index (χ0n) is 11.9. The summed E-state index contributed by atoms with van der Waals surface area (Å²) < 4.78 is 17.7. The van der Waals surface area contributed by atoms with Crippen molar-refractivity contribution < 1.29 is 13.9 Å². The van der Waals surface area contributed by atoms with E-state index in [9.17, 15) is 9.18 Å². The summed E-state index contributed by atoms with van der Waals surface area (Å²) in [6.45, 7) is 0. The Morgan fingerprint density at radius 2 is 1.81 bits per heavy atom. The Kier molecular flexibility index (Phi) is 5.32. The van der Waals surface area contributed by atoms with Crippen molar-refractivity contribution in [1.82, 2.24) is 0 Å². The molecule has 0 aliphatic rings. The van der Waals surface area contributed by atoms with E-state index in [0.29, 0.717) is 12.1 Å². The summed E-state index contributed by atoms with van der Waals surface area (Å²) in [5.74, 6) is -0.630. The molecule has 0 saturated carbocycles. The van der Waals surface area contributed by atoms with Crippen LogP contribution >= 0.6 is 0 Å². The van der Waals surface area contributed by atoms with Crippen molar-refractivity contribution >= 4 is 11.7 Å². The lowest BCUT2D eigenvalue weighted by Gasteiger charge is -2.17. The molecule has 2 aromatic carbocycles. The minimum absolute atomic E-state index is 0.306. The third-order valence-electron chi connectivity index (χ3n) is 3.24. The van der Waals surface area contributed by atoms with Crippen LogP contribution in [0.1, 0.15) is 12.0 Å². The molecule has 0 aliphatic carbocycles. The Labute approximate surface area is 123 Å². The first-order chi connectivity index (χ1) is 10.2. The zero-order chi connectivity index (χ0) is 15.1. The molecule has 0 heterocycles. The highest BCUT2D eigenvalue weighted by Gasteiger charge is 2.18. The molecule has 0 fully saturated rings. The van der Waals surface area contributed by atoms with Gasteiger partial charge in [-0.3, -0.25) is 0 Å². The highest BCUT2D eigenvalue weighted by atomic mass is 19.1. The molecule has 4 heteroatoms. The van der Waals surface area contributed by atoms with Gasteiger partial charge in [-0.1, -0.05) is 30.3 Å². The summed E-state index contributed by atoms with van der Waals surface area (Å²) in [5.41, 5.74) is 1.85. The third kappa shape index (κ3) is 4.60. The van der Waals surface area contributed by atoms with E-state index in [0.717, 1.165) is 12.0 Å². The van der Waals surface area contributed by atoms with Gasteiger partial charge in [-0.05, 0) is 42.7 Å². The summed E-state index contributed by atoms with van der Waals surface area (Å²) >= 11 is 0.